The van der Waals surface area contributed by atoms with E-state index in [9.17, 15) is 83.4 Å². The topological polar surface area (TPSA) is 446 Å². The van der Waals surface area contributed by atoms with E-state index in [1.54, 1.807) is 0 Å². The Bertz CT molecular complexity index is 4710. The van der Waals surface area contributed by atoms with Gasteiger partial charge < -0.3 is 87.7 Å². The summed E-state index contributed by atoms with van der Waals surface area (Å²) in [4.78, 5) is 160. The minimum Gasteiger partial charge on any atom is -0.545 e. The number of hydrogen-bond acceptors (Lipinski definition) is 22. The van der Waals surface area contributed by atoms with Crippen LogP contribution in [-0.4, -0.2) is 241 Å². The Balaban J connectivity index is 0.923. The van der Waals surface area contributed by atoms with E-state index >= 15 is 0 Å². The SMILES string of the molecule is O=C(NCCCCC1CN2CCNC(=O)c3cccc(c3O)C(=O)NCCN(CCNC(=O)c3cccc(c3O)C(=O)N1)CCN1CCNC(=O)c3cccc(c3O)C(=O)NCCN(CCNC(=O)c3cccc(c3O)C(=O)NCC1)CC2)c1ccc(-c2c3ccc(=O)cc-3oc3cc(O)ccc23)c(C(=O)[O-])c1. The molecule has 0 saturated carbocycles. The number of fused-ring (bicyclic) bond motifs is 18. The predicted octanol–water partition coefficient (Wildman–Crippen LogP) is 1.61. The van der Waals surface area contributed by atoms with Crippen molar-refractivity contribution < 1.29 is 83.0 Å². The van der Waals surface area contributed by atoms with Crippen LogP contribution in [0.5, 0.6) is 28.7 Å². The Hall–Kier alpha value is -12.5. The summed E-state index contributed by atoms with van der Waals surface area (Å²) in [7, 11) is 0. The molecule has 12 rings (SSSR count). The zero-order valence-electron chi connectivity index (χ0n) is 58.8. The Labute approximate surface area is 618 Å². The third-order valence-electron chi connectivity index (χ3n) is 19.1. The molecular weight excluding hydrogens is 1390 g/mol. The smallest absolute Gasteiger partial charge is 0.255 e. The molecule has 12 bridgehead atoms. The summed E-state index contributed by atoms with van der Waals surface area (Å²) in [6.07, 6.45) is 0.742. The van der Waals surface area contributed by atoms with Crippen molar-refractivity contribution in [2.75, 3.05) is 131 Å². The van der Waals surface area contributed by atoms with E-state index in [-0.39, 0.29) is 227 Å². The van der Waals surface area contributed by atoms with Gasteiger partial charge in [0.05, 0.1) is 50.5 Å². The van der Waals surface area contributed by atoms with Crippen LogP contribution in [0.3, 0.4) is 0 Å². The highest BCUT2D eigenvalue weighted by molar-refractivity contribution is 6.10. The molecule has 0 aromatic heterocycles. The molecule has 6 aromatic rings. The van der Waals surface area contributed by atoms with E-state index in [4.69, 9.17) is 4.42 Å². The van der Waals surface area contributed by atoms with Crippen LogP contribution in [0.15, 0.2) is 137 Å². The third kappa shape index (κ3) is 18.8. The average molecular weight is 1480 g/mol. The molecule has 9 amide bonds. The van der Waals surface area contributed by atoms with Crippen LogP contribution >= 0.6 is 0 Å². The van der Waals surface area contributed by atoms with E-state index in [0.717, 1.165) is 0 Å². The third-order valence-corrected chi connectivity index (χ3v) is 19.1. The first-order chi connectivity index (χ1) is 52.1. The van der Waals surface area contributed by atoms with Crippen LogP contribution in [-0.2, 0) is 0 Å². The van der Waals surface area contributed by atoms with E-state index in [0.29, 0.717) is 22.9 Å². The summed E-state index contributed by atoms with van der Waals surface area (Å²) in [6, 6.07) is 28.1. The van der Waals surface area contributed by atoms with Crippen LogP contribution in [0.4, 0.5) is 0 Å². The maximum atomic E-state index is 14.8. The van der Waals surface area contributed by atoms with Gasteiger partial charge in [0.15, 0.2) is 5.43 Å². The summed E-state index contributed by atoms with van der Waals surface area (Å²) in [5.74, 6) is -10.4. The summed E-state index contributed by atoms with van der Waals surface area (Å²) < 4.78 is 5.95. The molecule has 31 heteroatoms. The van der Waals surface area contributed by atoms with Gasteiger partial charge in [0.1, 0.15) is 40.1 Å². The van der Waals surface area contributed by atoms with Gasteiger partial charge in [-0.3, -0.25) is 67.5 Å². The van der Waals surface area contributed by atoms with Crippen LogP contribution in [0.2, 0.25) is 0 Å². The molecule has 6 aromatic carbocycles. The lowest BCUT2D eigenvalue weighted by Crippen LogP contribution is -2.49. The number of carbonyl (C=O) groups is 10. The predicted molar refractivity (Wildman–Crippen MR) is 392 cm³/mol. The summed E-state index contributed by atoms with van der Waals surface area (Å²) >= 11 is 0. The fraction of sp³-hybridized carbons (Fsp3) is 0.312. The molecule has 31 nitrogen and oxygen atoms in total. The molecule has 3 unspecified atom stereocenters. The summed E-state index contributed by atoms with van der Waals surface area (Å²) in [5.41, 5.74) is -1.44. The highest BCUT2D eigenvalue weighted by Gasteiger charge is 2.29. The molecule has 0 spiro atoms. The van der Waals surface area contributed by atoms with Crippen LogP contribution < -0.4 is 58.4 Å². The van der Waals surface area contributed by atoms with E-state index in [1.807, 2.05) is 19.6 Å². The lowest BCUT2D eigenvalue weighted by atomic mass is 9.90. The number of amides is 9. The summed E-state index contributed by atoms with van der Waals surface area (Å²) in [6.45, 7) is 0.962. The monoisotopic (exact) mass is 1480 g/mol. The van der Waals surface area contributed by atoms with Gasteiger partial charge in [-0.15, -0.1) is 0 Å². The lowest BCUT2D eigenvalue weighted by Gasteiger charge is -2.31. The second-order valence-corrected chi connectivity index (χ2v) is 26.2. The molecule has 108 heavy (non-hydrogen) atoms. The zero-order chi connectivity index (χ0) is 76.5. The molecule has 0 saturated heterocycles. The van der Waals surface area contributed by atoms with E-state index in [1.165, 1.54) is 127 Å². The Morgan fingerprint density at radius 3 is 1.20 bits per heavy atom. The number of benzene rings is 7. The van der Waals surface area contributed by atoms with Gasteiger partial charge in [0.2, 0.25) is 0 Å². The highest BCUT2D eigenvalue weighted by atomic mass is 16.4. The van der Waals surface area contributed by atoms with Crippen LogP contribution in [0, 0.1) is 0 Å². The van der Waals surface area contributed by atoms with Crippen molar-refractivity contribution in [1.29, 1.82) is 0 Å². The average Bonchev–Trinajstić information content (AvgIpc) is 0.748. The van der Waals surface area contributed by atoms with Crippen molar-refractivity contribution in [3.05, 3.63) is 193 Å². The maximum absolute atomic E-state index is 14.8. The first-order valence-corrected chi connectivity index (χ1v) is 35.4. The second kappa shape index (κ2) is 35.6. The van der Waals surface area contributed by atoms with Crippen molar-refractivity contribution >= 4 is 70.1 Å². The number of carbonyl (C=O) groups excluding carboxylic acids is 10. The van der Waals surface area contributed by atoms with E-state index < -0.39 is 88.2 Å². The number of aromatic hydroxyl groups is 5. The summed E-state index contributed by atoms with van der Waals surface area (Å²) in [5, 5.41) is 95.7. The van der Waals surface area contributed by atoms with Gasteiger partial charge in [-0.25, -0.2) is 0 Å². The molecule has 6 aliphatic rings. The molecule has 0 fully saturated rings. The number of para-hydroxylation sites is 4. The van der Waals surface area contributed by atoms with Gasteiger partial charge in [-0.05, 0) is 110 Å². The Kier molecular flexibility index (Phi) is 25.2. The molecule has 3 atom stereocenters. The molecule has 14 N–H and O–H groups in total. The molecule has 5 aliphatic heterocycles. The van der Waals surface area contributed by atoms with Gasteiger partial charge in [-0.1, -0.05) is 30.3 Å². The van der Waals surface area contributed by atoms with Gasteiger partial charge in [0, 0.05) is 177 Å². The minimum atomic E-state index is -1.61. The second-order valence-electron chi connectivity index (χ2n) is 26.2. The number of hydrogen-bond donors (Lipinski definition) is 14. The van der Waals surface area contributed by atoms with Gasteiger partial charge in [-0.2, -0.15) is 0 Å². The van der Waals surface area contributed by atoms with E-state index in [2.05, 4.69) is 47.9 Å². The van der Waals surface area contributed by atoms with Gasteiger partial charge in [0.25, 0.3) is 53.2 Å². The molecule has 564 valence electrons. The molecule has 1 aliphatic carbocycles. The van der Waals surface area contributed by atoms with Crippen molar-refractivity contribution in [2.45, 2.75) is 25.3 Å². The number of aromatic carboxylic acids is 1. The fourth-order valence-electron chi connectivity index (χ4n) is 13.3. The number of rotatable bonds is 8. The standard InChI is InChI=1S/C77H83N13O18/c91-47-17-20-50-61(42-47)108-62-43-48(92)18-21-51(62)63(50)49-19-16-45(41-60(49)77(106)107)68(97)78-22-2-1-7-46-44-90-36-29-85-74(103)57-13-5-12-56(66(57)95)71(100)81-25-32-88(33-26-84-75(104)58-14-6-15-59(67(58)96)76(105)86-46)38-37-87-30-23-79-69(98)52-8-3-10-54(64(52)93)72(101)82-27-34-89(39-40-90)35-28-83-73(102)55-11-4-9-53(65(55)94)70(99)80-24-31-87/h3-6,8-21,41-43,46,91,93-96H,1-2,7,22-40,44H2,(H,78,97)(H,79,98)(H,80,99)(H,81,100)(H,82,101)(H,83,102)(H,84,104)(H,85,103)(H,86,105)(H,106,107)/p-1. The highest BCUT2D eigenvalue weighted by Crippen LogP contribution is 2.42. The number of phenolic OH excluding ortho intramolecular Hbond substituents is 5. The van der Waals surface area contributed by atoms with Crippen molar-refractivity contribution in [3.63, 3.8) is 0 Å². The maximum Gasteiger partial charge on any atom is 0.255 e. The number of carboxylic acid groups (broad SMARTS) is 1. The normalized spacial score (nSPS) is 19.5. The minimum absolute atomic E-state index is 0.00454. The Morgan fingerprint density at radius 1 is 0.417 bits per heavy atom. The number of nitrogens with zero attached hydrogens (tertiary/aromatic N) is 4. The molecular formula is C77H82N13O18-. The van der Waals surface area contributed by atoms with Gasteiger partial charge >= 0.3 is 0 Å². The fourth-order valence-corrected chi connectivity index (χ4v) is 13.3. The Morgan fingerprint density at radius 2 is 0.796 bits per heavy atom. The number of unbranched alkanes of at least 4 members (excludes halogenated alkanes) is 1. The number of nitrogens with one attached hydrogen (secondary N) is 9. The zero-order valence-corrected chi connectivity index (χ0v) is 58.8. The number of phenols is 5. The first kappa shape index (κ1) is 76.7. The number of carboxylic acids is 1. The van der Waals surface area contributed by atoms with Crippen LogP contribution in [0.1, 0.15) is 123 Å². The molecule has 5 heterocycles. The largest absolute Gasteiger partial charge is 0.545 e. The lowest BCUT2D eigenvalue weighted by molar-refractivity contribution is -0.255. The molecule has 0 radical (unpaired) electrons. The van der Waals surface area contributed by atoms with Crippen LogP contribution in [0.25, 0.3) is 33.4 Å². The van der Waals surface area contributed by atoms with Crippen molar-refractivity contribution in [2.24, 2.45) is 0 Å². The first-order valence-electron chi connectivity index (χ1n) is 35.4. The quantitative estimate of drug-likeness (QED) is 0.0759. The van der Waals surface area contributed by atoms with Crippen molar-refractivity contribution in [1.82, 2.24) is 67.5 Å². The van der Waals surface area contributed by atoms with Crippen molar-refractivity contribution in [3.8, 4) is 51.2 Å².